The normalized spacial score (nSPS) is 12.0. The highest BCUT2D eigenvalue weighted by atomic mass is 35.5. The molecule has 3 nitrogen and oxygen atoms in total. The summed E-state index contributed by atoms with van der Waals surface area (Å²) in [6.45, 7) is 4.24. The first-order valence-corrected chi connectivity index (χ1v) is 10.3. The van der Waals surface area contributed by atoms with Crippen molar-refractivity contribution < 1.29 is 0 Å². The van der Waals surface area contributed by atoms with Gasteiger partial charge in [0.1, 0.15) is 5.82 Å². The lowest BCUT2D eigenvalue weighted by Crippen LogP contribution is -2.09. The molecule has 1 atom stereocenters. The predicted molar refractivity (Wildman–Crippen MR) is 122 cm³/mol. The van der Waals surface area contributed by atoms with Crippen molar-refractivity contribution in [2.45, 2.75) is 26.3 Å². The number of aromatic amines is 1. The number of imidazole rings is 1. The van der Waals surface area contributed by atoms with E-state index in [9.17, 15) is 0 Å². The first-order chi connectivity index (χ1) is 14.1. The number of hydrogen-bond acceptors (Lipinski definition) is 2. The third kappa shape index (κ3) is 4.36. The summed E-state index contributed by atoms with van der Waals surface area (Å²) in [7, 11) is 0. The van der Waals surface area contributed by atoms with Gasteiger partial charge in [-0.25, -0.2) is 4.98 Å². The fraction of sp³-hybridized carbons (Fsp3) is 0.160. The van der Waals surface area contributed by atoms with Crippen molar-refractivity contribution in [3.63, 3.8) is 0 Å². The highest BCUT2D eigenvalue weighted by Gasteiger charge is 2.12. The summed E-state index contributed by atoms with van der Waals surface area (Å²) >= 11 is 6.01. The molecule has 4 rings (SSSR count). The maximum absolute atomic E-state index is 6.01. The van der Waals surface area contributed by atoms with E-state index in [-0.39, 0.29) is 0 Å². The topological polar surface area (TPSA) is 40.7 Å². The first kappa shape index (κ1) is 19.3. The van der Waals surface area contributed by atoms with E-state index in [1.165, 1.54) is 5.56 Å². The maximum Gasteiger partial charge on any atom is 0.138 e. The van der Waals surface area contributed by atoms with E-state index in [4.69, 9.17) is 16.6 Å². The summed E-state index contributed by atoms with van der Waals surface area (Å²) in [6, 6.07) is 27.0. The molecule has 0 saturated heterocycles. The Bertz CT molecular complexity index is 1070. The Kier molecular flexibility index (Phi) is 5.68. The van der Waals surface area contributed by atoms with E-state index in [1.54, 1.807) is 0 Å². The summed E-state index contributed by atoms with van der Waals surface area (Å²) in [4.78, 5) is 8.22. The average Bonchev–Trinajstić information content (AvgIpc) is 3.15. The minimum absolute atomic E-state index is 0.296. The Labute approximate surface area is 176 Å². The van der Waals surface area contributed by atoms with E-state index in [1.807, 2.05) is 31.2 Å². The number of halogens is 1. The molecule has 0 spiro atoms. The molecule has 1 aromatic heterocycles. The summed E-state index contributed by atoms with van der Waals surface area (Å²) in [5, 5.41) is 4.36. The zero-order valence-corrected chi connectivity index (χ0v) is 17.4. The van der Waals surface area contributed by atoms with Gasteiger partial charge >= 0.3 is 0 Å². The van der Waals surface area contributed by atoms with Crippen molar-refractivity contribution in [1.82, 2.24) is 9.97 Å². The van der Waals surface area contributed by atoms with Crippen LogP contribution in [0, 0.1) is 6.92 Å². The monoisotopic (exact) mass is 401 g/mol. The summed E-state index contributed by atoms with van der Waals surface area (Å²) in [6.07, 6.45) is 1.02. The van der Waals surface area contributed by atoms with Gasteiger partial charge in [0.05, 0.1) is 11.7 Å². The molecular formula is C25H24ClN3. The lowest BCUT2D eigenvalue weighted by molar-refractivity contribution is 0.749. The Morgan fingerprint density at radius 3 is 2.21 bits per heavy atom. The third-order valence-electron chi connectivity index (χ3n) is 5.11. The number of benzene rings is 3. The van der Waals surface area contributed by atoms with Crippen LogP contribution in [0.2, 0.25) is 5.02 Å². The van der Waals surface area contributed by atoms with Crippen LogP contribution in [0.25, 0.3) is 22.6 Å². The van der Waals surface area contributed by atoms with Crippen LogP contribution in [0.4, 0.5) is 5.69 Å². The second-order valence-corrected chi connectivity index (χ2v) is 7.60. The molecule has 0 aliphatic heterocycles. The number of H-pyrrole nitrogens is 1. The van der Waals surface area contributed by atoms with Crippen molar-refractivity contribution in [3.8, 4) is 22.6 Å². The zero-order chi connectivity index (χ0) is 20.2. The van der Waals surface area contributed by atoms with E-state index in [2.05, 4.69) is 71.8 Å². The molecule has 3 aromatic carbocycles. The molecule has 0 aliphatic rings. The molecule has 0 radical (unpaired) electrons. The van der Waals surface area contributed by atoms with Gasteiger partial charge in [0.2, 0.25) is 0 Å². The van der Waals surface area contributed by atoms with Crippen molar-refractivity contribution in [3.05, 3.63) is 95.1 Å². The lowest BCUT2D eigenvalue weighted by Gasteiger charge is -2.19. The summed E-state index contributed by atoms with van der Waals surface area (Å²) in [5.74, 6) is 0.870. The summed E-state index contributed by atoms with van der Waals surface area (Å²) < 4.78 is 0. The number of hydrogen-bond donors (Lipinski definition) is 2. The van der Waals surface area contributed by atoms with Crippen LogP contribution in [-0.4, -0.2) is 9.97 Å². The van der Waals surface area contributed by atoms with Crippen LogP contribution in [0.3, 0.4) is 0 Å². The second-order valence-electron chi connectivity index (χ2n) is 7.16. The highest BCUT2D eigenvalue weighted by Crippen LogP contribution is 2.28. The molecule has 4 aromatic rings. The Balaban J connectivity index is 1.54. The Morgan fingerprint density at radius 1 is 0.897 bits per heavy atom. The highest BCUT2D eigenvalue weighted by molar-refractivity contribution is 6.30. The third-order valence-corrected chi connectivity index (χ3v) is 5.36. The Morgan fingerprint density at radius 2 is 1.55 bits per heavy atom. The number of aryl methyl sites for hydroxylation is 1. The molecule has 0 amide bonds. The SMILES string of the molecule is CC[C@@H](Nc1ccc(-c2nc(-c3ccc(Cl)cc3)c(C)[nH]2)cc1)c1ccccc1. The molecule has 2 N–H and O–H groups in total. The van der Waals surface area contributed by atoms with Gasteiger partial charge in [-0.1, -0.05) is 61.0 Å². The van der Waals surface area contributed by atoms with E-state index >= 15 is 0 Å². The summed E-state index contributed by atoms with van der Waals surface area (Å²) in [5.41, 5.74) is 6.51. The van der Waals surface area contributed by atoms with E-state index < -0.39 is 0 Å². The van der Waals surface area contributed by atoms with Crippen molar-refractivity contribution in [2.75, 3.05) is 5.32 Å². The van der Waals surface area contributed by atoms with Gasteiger partial charge in [-0.05, 0) is 55.3 Å². The van der Waals surface area contributed by atoms with Crippen molar-refractivity contribution in [1.29, 1.82) is 0 Å². The van der Waals surface area contributed by atoms with Gasteiger partial charge < -0.3 is 10.3 Å². The number of nitrogens with zero attached hydrogens (tertiary/aromatic N) is 1. The van der Waals surface area contributed by atoms with Gasteiger partial charge in [0.15, 0.2) is 0 Å². The van der Waals surface area contributed by atoms with Crippen LogP contribution < -0.4 is 5.32 Å². The number of anilines is 1. The minimum atomic E-state index is 0.296. The smallest absolute Gasteiger partial charge is 0.138 e. The van der Waals surface area contributed by atoms with Crippen molar-refractivity contribution >= 4 is 17.3 Å². The molecular weight excluding hydrogens is 378 g/mol. The molecule has 0 bridgehead atoms. The number of aromatic nitrogens is 2. The molecule has 29 heavy (non-hydrogen) atoms. The Hall–Kier alpha value is -3.04. The van der Waals surface area contributed by atoms with Crippen LogP contribution in [0.15, 0.2) is 78.9 Å². The van der Waals surface area contributed by atoms with Crippen molar-refractivity contribution in [2.24, 2.45) is 0 Å². The van der Waals surface area contributed by atoms with Crippen LogP contribution in [0.5, 0.6) is 0 Å². The maximum atomic E-state index is 6.01. The van der Waals surface area contributed by atoms with Gasteiger partial charge in [0, 0.05) is 27.5 Å². The molecule has 1 heterocycles. The molecule has 0 saturated carbocycles. The standard InChI is InChI=1S/C25H24ClN3/c1-3-23(18-7-5-4-6-8-18)28-22-15-11-20(12-16-22)25-27-17(2)24(29-25)19-9-13-21(26)14-10-19/h4-16,23,28H,3H2,1-2H3,(H,27,29)/t23-/m1/s1. The zero-order valence-electron chi connectivity index (χ0n) is 16.6. The van der Waals surface area contributed by atoms with Gasteiger partial charge in [-0.15, -0.1) is 0 Å². The quantitative estimate of drug-likeness (QED) is 0.356. The van der Waals surface area contributed by atoms with Crippen LogP contribution in [0.1, 0.15) is 30.6 Å². The molecule has 0 aliphatic carbocycles. The predicted octanol–water partition coefficient (Wildman–Crippen LogP) is 7.27. The average molecular weight is 402 g/mol. The fourth-order valence-electron chi connectivity index (χ4n) is 3.52. The van der Waals surface area contributed by atoms with Gasteiger partial charge in [-0.3, -0.25) is 0 Å². The van der Waals surface area contributed by atoms with Crippen LogP contribution in [-0.2, 0) is 0 Å². The minimum Gasteiger partial charge on any atom is -0.378 e. The molecule has 0 unspecified atom stereocenters. The largest absolute Gasteiger partial charge is 0.378 e. The van der Waals surface area contributed by atoms with E-state index in [0.717, 1.165) is 45.5 Å². The van der Waals surface area contributed by atoms with Gasteiger partial charge in [0.25, 0.3) is 0 Å². The van der Waals surface area contributed by atoms with Gasteiger partial charge in [-0.2, -0.15) is 0 Å². The number of rotatable bonds is 6. The first-order valence-electron chi connectivity index (χ1n) is 9.88. The molecule has 4 heteroatoms. The van der Waals surface area contributed by atoms with E-state index in [0.29, 0.717) is 6.04 Å². The second kappa shape index (κ2) is 8.54. The molecule has 0 fully saturated rings. The van der Waals surface area contributed by atoms with Crippen LogP contribution >= 0.6 is 11.6 Å². The molecule has 146 valence electrons. The fourth-order valence-corrected chi connectivity index (χ4v) is 3.64. The number of nitrogens with one attached hydrogen (secondary N) is 2. The lowest BCUT2D eigenvalue weighted by atomic mass is 10.0.